The van der Waals surface area contributed by atoms with Gasteiger partial charge in [-0.2, -0.15) is 0 Å². The molecule has 0 atom stereocenters. The summed E-state index contributed by atoms with van der Waals surface area (Å²) in [5.41, 5.74) is 0.527. The van der Waals surface area contributed by atoms with Crippen molar-refractivity contribution in [2.75, 3.05) is 25.2 Å². The molecule has 0 spiro atoms. The predicted molar refractivity (Wildman–Crippen MR) is 60.7 cm³/mol. The molecular formula is C10H15NO4S. The summed E-state index contributed by atoms with van der Waals surface area (Å²) in [5, 5.41) is 1.13. The smallest absolute Gasteiger partial charge is 0.178 e. The van der Waals surface area contributed by atoms with Gasteiger partial charge in [-0.25, -0.2) is 8.42 Å². The molecule has 0 unspecified atom stereocenters. The van der Waals surface area contributed by atoms with Crippen molar-refractivity contribution in [3.05, 3.63) is 24.3 Å². The fraction of sp³-hybridized carbons (Fsp3) is 0.400. The average molecular weight is 245 g/mol. The van der Waals surface area contributed by atoms with E-state index in [4.69, 9.17) is 9.68 Å². The lowest BCUT2D eigenvalue weighted by Crippen LogP contribution is -2.20. The maximum absolute atomic E-state index is 11.7. The van der Waals surface area contributed by atoms with E-state index in [1.807, 2.05) is 0 Å². The summed E-state index contributed by atoms with van der Waals surface area (Å²) < 4.78 is 23.3. The first kappa shape index (κ1) is 13.0. The number of benzene rings is 1. The van der Waals surface area contributed by atoms with E-state index in [9.17, 15) is 8.42 Å². The second-order valence-electron chi connectivity index (χ2n) is 3.02. The number of hydrogen-bond donors (Lipinski definition) is 0. The molecule has 0 radical (unpaired) electrons. The van der Waals surface area contributed by atoms with Crippen molar-refractivity contribution in [3.63, 3.8) is 0 Å². The largest absolute Gasteiger partial charge is 0.252 e. The lowest BCUT2D eigenvalue weighted by atomic mass is 10.3. The molecule has 1 aromatic rings. The topological polar surface area (TPSA) is 55.8 Å². The molecule has 0 aliphatic heterocycles. The molecule has 0 saturated heterocycles. The van der Waals surface area contributed by atoms with Gasteiger partial charge in [-0.05, 0) is 18.2 Å². The number of sulfone groups is 1. The summed E-state index contributed by atoms with van der Waals surface area (Å²) in [6.45, 7) is 1.60. The number of nitrogens with zero attached hydrogens (tertiary/aromatic N) is 1. The van der Waals surface area contributed by atoms with Crippen molar-refractivity contribution in [2.24, 2.45) is 0 Å². The molecule has 1 aromatic carbocycles. The Bertz CT molecular complexity index is 440. The molecule has 0 saturated carbocycles. The van der Waals surface area contributed by atoms with Crippen LogP contribution in [0.25, 0.3) is 0 Å². The minimum Gasteiger partial charge on any atom is -0.252 e. The highest BCUT2D eigenvalue weighted by Gasteiger charge is 2.13. The summed E-state index contributed by atoms with van der Waals surface area (Å²) >= 11 is 0. The zero-order valence-corrected chi connectivity index (χ0v) is 10.3. The Kier molecular flexibility index (Phi) is 4.28. The summed E-state index contributed by atoms with van der Waals surface area (Å²) in [4.78, 5) is 10.1. The van der Waals surface area contributed by atoms with Crippen molar-refractivity contribution in [2.45, 2.75) is 11.8 Å². The molecule has 16 heavy (non-hydrogen) atoms. The van der Waals surface area contributed by atoms with E-state index in [1.165, 1.54) is 20.3 Å². The van der Waals surface area contributed by atoms with E-state index in [1.54, 1.807) is 25.1 Å². The Morgan fingerprint density at radius 3 is 2.38 bits per heavy atom. The Morgan fingerprint density at radius 2 is 1.88 bits per heavy atom. The highest BCUT2D eigenvalue weighted by molar-refractivity contribution is 7.91. The van der Waals surface area contributed by atoms with Crippen LogP contribution >= 0.6 is 0 Å². The number of hydrogen-bond acceptors (Lipinski definition) is 5. The Labute approximate surface area is 95.4 Å². The summed E-state index contributed by atoms with van der Waals surface area (Å²) in [7, 11) is -0.338. The van der Waals surface area contributed by atoms with Gasteiger partial charge >= 0.3 is 0 Å². The van der Waals surface area contributed by atoms with Crippen LogP contribution in [0.5, 0.6) is 0 Å². The average Bonchev–Trinajstić information content (AvgIpc) is 2.31. The van der Waals surface area contributed by atoms with Crippen LogP contribution in [0.3, 0.4) is 0 Å². The molecule has 0 bridgehead atoms. The fourth-order valence-electron chi connectivity index (χ4n) is 1.24. The standard InChI is InChI=1S/C10H15NO4S/c1-4-16(12,13)10-7-5-6-9(8-10)11(14-2)15-3/h5-8H,4H2,1-3H3. The first-order valence-corrected chi connectivity index (χ1v) is 6.41. The first-order valence-electron chi connectivity index (χ1n) is 4.76. The molecule has 0 fully saturated rings. The van der Waals surface area contributed by atoms with Gasteiger partial charge < -0.3 is 0 Å². The van der Waals surface area contributed by atoms with Crippen LogP contribution in [0.2, 0.25) is 0 Å². The van der Waals surface area contributed by atoms with E-state index in [0.717, 1.165) is 5.23 Å². The van der Waals surface area contributed by atoms with Crippen molar-refractivity contribution < 1.29 is 18.1 Å². The third-order valence-electron chi connectivity index (χ3n) is 2.10. The van der Waals surface area contributed by atoms with E-state index in [0.29, 0.717) is 5.69 Å². The molecule has 0 aliphatic rings. The van der Waals surface area contributed by atoms with Gasteiger partial charge in [0.1, 0.15) is 0 Å². The van der Waals surface area contributed by atoms with Crippen LogP contribution < -0.4 is 5.23 Å². The lowest BCUT2D eigenvalue weighted by molar-refractivity contribution is -0.0433. The van der Waals surface area contributed by atoms with Gasteiger partial charge in [0.2, 0.25) is 0 Å². The third-order valence-corrected chi connectivity index (χ3v) is 3.83. The van der Waals surface area contributed by atoms with Gasteiger partial charge in [-0.15, -0.1) is 5.23 Å². The van der Waals surface area contributed by atoms with Crippen molar-refractivity contribution in [1.29, 1.82) is 0 Å². The third kappa shape index (κ3) is 2.72. The van der Waals surface area contributed by atoms with Gasteiger partial charge in [0.15, 0.2) is 9.84 Å². The van der Waals surface area contributed by atoms with Gasteiger partial charge in [0, 0.05) is 0 Å². The minimum atomic E-state index is -3.21. The van der Waals surface area contributed by atoms with Crippen LogP contribution in [0.15, 0.2) is 29.2 Å². The first-order chi connectivity index (χ1) is 7.55. The highest BCUT2D eigenvalue weighted by atomic mass is 32.2. The van der Waals surface area contributed by atoms with Crippen LogP contribution in [0.1, 0.15) is 6.92 Å². The maximum atomic E-state index is 11.7. The minimum absolute atomic E-state index is 0.0659. The summed E-state index contributed by atoms with van der Waals surface area (Å²) in [6, 6.07) is 6.39. The molecule has 6 heteroatoms. The molecular weight excluding hydrogens is 230 g/mol. The monoisotopic (exact) mass is 245 g/mol. The van der Waals surface area contributed by atoms with Crippen molar-refractivity contribution in [1.82, 2.24) is 0 Å². The summed E-state index contributed by atoms with van der Waals surface area (Å²) in [5.74, 6) is 0.0659. The van der Waals surface area contributed by atoms with Gasteiger partial charge in [0.05, 0.1) is 30.6 Å². The van der Waals surface area contributed by atoms with E-state index < -0.39 is 9.84 Å². The normalized spacial score (nSPS) is 11.4. The van der Waals surface area contributed by atoms with Crippen LogP contribution in [0, 0.1) is 0 Å². The second kappa shape index (κ2) is 5.29. The SMILES string of the molecule is CCS(=O)(=O)c1cccc(N(OC)OC)c1. The Hall–Kier alpha value is -1.11. The number of rotatable bonds is 5. The Morgan fingerprint density at radius 1 is 1.25 bits per heavy atom. The number of anilines is 1. The van der Waals surface area contributed by atoms with Gasteiger partial charge in [0.25, 0.3) is 0 Å². The molecule has 0 aliphatic carbocycles. The lowest BCUT2D eigenvalue weighted by Gasteiger charge is -2.18. The zero-order chi connectivity index (χ0) is 12.2. The molecule has 0 aromatic heterocycles. The molecule has 0 heterocycles. The predicted octanol–water partition coefficient (Wildman–Crippen LogP) is 1.41. The van der Waals surface area contributed by atoms with Crippen molar-refractivity contribution >= 4 is 15.5 Å². The molecule has 0 N–H and O–H groups in total. The molecule has 1 rings (SSSR count). The van der Waals surface area contributed by atoms with E-state index in [2.05, 4.69) is 0 Å². The van der Waals surface area contributed by atoms with Crippen LogP contribution in [-0.2, 0) is 19.5 Å². The van der Waals surface area contributed by atoms with Crippen LogP contribution in [0.4, 0.5) is 5.69 Å². The fourth-order valence-corrected chi connectivity index (χ4v) is 2.16. The second-order valence-corrected chi connectivity index (χ2v) is 5.30. The van der Waals surface area contributed by atoms with E-state index in [-0.39, 0.29) is 10.6 Å². The zero-order valence-electron chi connectivity index (χ0n) is 9.50. The summed E-state index contributed by atoms with van der Waals surface area (Å²) in [6.07, 6.45) is 0. The van der Waals surface area contributed by atoms with Gasteiger partial charge in [-0.3, -0.25) is 9.68 Å². The van der Waals surface area contributed by atoms with Gasteiger partial charge in [-0.1, -0.05) is 13.0 Å². The maximum Gasteiger partial charge on any atom is 0.178 e. The molecule has 5 nitrogen and oxygen atoms in total. The van der Waals surface area contributed by atoms with Crippen LogP contribution in [-0.4, -0.2) is 28.4 Å². The van der Waals surface area contributed by atoms with Crippen molar-refractivity contribution in [3.8, 4) is 0 Å². The quantitative estimate of drug-likeness (QED) is 0.734. The highest BCUT2D eigenvalue weighted by Crippen LogP contribution is 2.20. The van der Waals surface area contributed by atoms with E-state index >= 15 is 0 Å². The molecule has 0 amide bonds. The Balaban J connectivity index is 3.14. The molecule has 90 valence electrons.